The van der Waals surface area contributed by atoms with Crippen LogP contribution in [0.4, 0.5) is 0 Å². The Bertz CT molecular complexity index is 767. The van der Waals surface area contributed by atoms with Crippen molar-refractivity contribution in [3.63, 3.8) is 0 Å². The number of nitrogens with one attached hydrogen (secondary N) is 2. The fourth-order valence-corrected chi connectivity index (χ4v) is 5.12. The summed E-state index contributed by atoms with van der Waals surface area (Å²) in [4.78, 5) is 0. The van der Waals surface area contributed by atoms with E-state index in [-0.39, 0.29) is 36.5 Å². The van der Waals surface area contributed by atoms with Gasteiger partial charge in [0.25, 0.3) is 0 Å². The lowest BCUT2D eigenvalue weighted by molar-refractivity contribution is 0.271. The maximum Gasteiger partial charge on any atom is 0.216 e. The summed E-state index contributed by atoms with van der Waals surface area (Å²) < 4.78 is 52.2. The van der Waals surface area contributed by atoms with E-state index in [1.807, 2.05) is 24.3 Å². The van der Waals surface area contributed by atoms with Gasteiger partial charge in [-0.25, -0.2) is 21.6 Å². The number of nitrogens with zero attached hydrogens (tertiary/aromatic N) is 1. The molecule has 0 bridgehead atoms. The van der Waals surface area contributed by atoms with E-state index in [0.29, 0.717) is 19.6 Å². The highest BCUT2D eigenvalue weighted by atomic mass is 35.5. The number of hydrogen-bond donors (Lipinski definition) is 2. The molecule has 0 radical (unpaired) electrons. The Hall–Kier alpha value is -0.710. The van der Waals surface area contributed by atoms with Crippen molar-refractivity contribution in [1.29, 1.82) is 0 Å². The number of piperazine rings is 1. The first-order valence-corrected chi connectivity index (χ1v) is 11.8. The maximum atomic E-state index is 12.7. The Kier molecular flexibility index (Phi) is 8.98. The first-order chi connectivity index (χ1) is 11.8. The van der Waals surface area contributed by atoms with Gasteiger partial charge in [0.05, 0.1) is 17.5 Å². The Morgan fingerprint density at radius 3 is 2.38 bits per heavy atom. The van der Waals surface area contributed by atoms with E-state index in [4.69, 9.17) is 0 Å². The molecule has 0 amide bonds. The molecule has 10 heteroatoms. The smallest absolute Gasteiger partial charge is 0.216 e. The molecule has 26 heavy (non-hydrogen) atoms. The zero-order valence-electron chi connectivity index (χ0n) is 15.1. The lowest BCUT2D eigenvalue weighted by Gasteiger charge is -2.35. The molecule has 1 aliphatic heterocycles. The fraction of sp³-hybridized carbons (Fsp3) is 0.625. The van der Waals surface area contributed by atoms with Gasteiger partial charge in [0, 0.05) is 26.2 Å². The van der Waals surface area contributed by atoms with Crippen LogP contribution in [-0.2, 0) is 26.5 Å². The van der Waals surface area contributed by atoms with E-state index in [2.05, 4.69) is 17.0 Å². The Balaban J connectivity index is 0.00000338. The molecule has 1 saturated heterocycles. The number of rotatable bonds is 8. The molecule has 0 spiro atoms. The summed E-state index contributed by atoms with van der Waals surface area (Å²) in [5.41, 5.74) is 2.15. The van der Waals surface area contributed by atoms with Crippen LogP contribution in [0, 0.1) is 0 Å². The van der Waals surface area contributed by atoms with Gasteiger partial charge in [-0.05, 0) is 24.5 Å². The number of aryl methyl sites for hydroxylation is 1. The summed E-state index contributed by atoms with van der Waals surface area (Å²) in [5, 5.41) is 3.24. The van der Waals surface area contributed by atoms with Crippen LogP contribution >= 0.6 is 12.4 Å². The van der Waals surface area contributed by atoms with Crippen molar-refractivity contribution in [2.45, 2.75) is 26.3 Å². The van der Waals surface area contributed by atoms with Crippen LogP contribution in [0.1, 0.15) is 31.0 Å². The third-order valence-electron chi connectivity index (χ3n) is 4.39. The van der Waals surface area contributed by atoms with Crippen molar-refractivity contribution in [2.75, 3.05) is 37.7 Å². The highest BCUT2D eigenvalue weighted by Gasteiger charge is 2.33. The molecule has 0 saturated carbocycles. The monoisotopic (exact) mass is 425 g/mol. The van der Waals surface area contributed by atoms with Gasteiger partial charge in [-0.2, -0.15) is 4.31 Å². The predicted octanol–water partition coefficient (Wildman–Crippen LogP) is 0.886. The summed E-state index contributed by atoms with van der Waals surface area (Å²) in [6.45, 7) is 5.00. The average molecular weight is 426 g/mol. The minimum absolute atomic E-state index is 0. The zero-order chi connectivity index (χ0) is 18.5. The second kappa shape index (κ2) is 10.0. The lowest BCUT2D eigenvalue weighted by atomic mass is 10.0. The third kappa shape index (κ3) is 6.17. The van der Waals surface area contributed by atoms with Gasteiger partial charge < -0.3 is 5.32 Å². The van der Waals surface area contributed by atoms with Crippen molar-refractivity contribution in [1.82, 2.24) is 14.3 Å². The van der Waals surface area contributed by atoms with Crippen LogP contribution in [-0.4, -0.2) is 58.8 Å². The molecule has 0 aromatic heterocycles. The molecular weight excluding hydrogens is 398 g/mol. The van der Waals surface area contributed by atoms with Gasteiger partial charge in [-0.15, -0.1) is 12.4 Å². The minimum atomic E-state index is -3.56. The molecule has 2 N–H and O–H groups in total. The molecule has 0 aliphatic carbocycles. The summed E-state index contributed by atoms with van der Waals surface area (Å²) >= 11 is 0. The molecule has 1 aliphatic rings. The van der Waals surface area contributed by atoms with Crippen molar-refractivity contribution >= 4 is 32.5 Å². The van der Waals surface area contributed by atoms with Crippen LogP contribution in [0.5, 0.6) is 0 Å². The topological polar surface area (TPSA) is 95.6 Å². The van der Waals surface area contributed by atoms with Crippen molar-refractivity contribution in [2.24, 2.45) is 0 Å². The van der Waals surface area contributed by atoms with E-state index >= 15 is 0 Å². The van der Waals surface area contributed by atoms with Gasteiger partial charge in [-0.3, -0.25) is 0 Å². The molecule has 7 nitrogen and oxygen atoms in total. The standard InChI is InChI=1S/C16H27N3O4S2.ClH/c1-3-14-5-7-15(8-6-14)16-13-17-9-11-19(16)25(22,23)12-10-18-24(20,21)4-2;/h5-8,16-18H,3-4,9-13H2,1-2H3;1H. The van der Waals surface area contributed by atoms with E-state index < -0.39 is 20.0 Å². The van der Waals surface area contributed by atoms with Gasteiger partial charge >= 0.3 is 0 Å². The Morgan fingerprint density at radius 1 is 1.15 bits per heavy atom. The number of sulfonamides is 2. The molecular formula is C16H28ClN3O4S2. The molecule has 1 atom stereocenters. The minimum Gasteiger partial charge on any atom is -0.313 e. The van der Waals surface area contributed by atoms with Crippen LogP contribution in [0.3, 0.4) is 0 Å². The SMILES string of the molecule is CCc1ccc(C2CNCCN2S(=O)(=O)CCNS(=O)(=O)CC)cc1.Cl. The van der Waals surface area contributed by atoms with Crippen LogP contribution in [0.15, 0.2) is 24.3 Å². The third-order valence-corrected chi connectivity index (χ3v) is 7.66. The van der Waals surface area contributed by atoms with Gasteiger partial charge in [0.15, 0.2) is 0 Å². The largest absolute Gasteiger partial charge is 0.313 e. The van der Waals surface area contributed by atoms with E-state index in [9.17, 15) is 16.8 Å². The molecule has 1 aromatic rings. The van der Waals surface area contributed by atoms with Gasteiger partial charge in [-0.1, -0.05) is 31.2 Å². The molecule has 1 unspecified atom stereocenters. The van der Waals surface area contributed by atoms with E-state index in [1.54, 1.807) is 0 Å². The van der Waals surface area contributed by atoms with Gasteiger partial charge in [0.2, 0.25) is 20.0 Å². The quantitative estimate of drug-likeness (QED) is 0.644. The van der Waals surface area contributed by atoms with Crippen molar-refractivity contribution in [3.8, 4) is 0 Å². The average Bonchev–Trinajstić information content (AvgIpc) is 2.61. The van der Waals surface area contributed by atoms with E-state index in [0.717, 1.165) is 12.0 Å². The fourth-order valence-electron chi connectivity index (χ4n) is 2.82. The zero-order valence-corrected chi connectivity index (χ0v) is 17.6. The van der Waals surface area contributed by atoms with Crippen LogP contribution in [0.2, 0.25) is 0 Å². The summed E-state index contributed by atoms with van der Waals surface area (Å²) in [7, 11) is -6.95. The number of hydrogen-bond acceptors (Lipinski definition) is 5. The number of benzene rings is 1. The second-order valence-corrected chi connectivity index (χ2v) is 10.2. The number of halogens is 1. The van der Waals surface area contributed by atoms with Crippen LogP contribution in [0.25, 0.3) is 0 Å². The highest BCUT2D eigenvalue weighted by Crippen LogP contribution is 2.25. The van der Waals surface area contributed by atoms with Crippen molar-refractivity contribution in [3.05, 3.63) is 35.4 Å². The van der Waals surface area contributed by atoms with Gasteiger partial charge in [0.1, 0.15) is 0 Å². The summed E-state index contributed by atoms with van der Waals surface area (Å²) in [5.74, 6) is -0.303. The Morgan fingerprint density at radius 2 is 1.81 bits per heavy atom. The molecule has 2 rings (SSSR count). The van der Waals surface area contributed by atoms with Crippen LogP contribution < -0.4 is 10.0 Å². The van der Waals surface area contributed by atoms with Crippen molar-refractivity contribution < 1.29 is 16.8 Å². The van der Waals surface area contributed by atoms with E-state index in [1.165, 1.54) is 16.8 Å². The maximum absolute atomic E-state index is 12.7. The first kappa shape index (κ1) is 23.3. The molecule has 1 heterocycles. The molecule has 150 valence electrons. The highest BCUT2D eigenvalue weighted by molar-refractivity contribution is 7.90. The summed E-state index contributed by atoms with van der Waals surface area (Å²) in [6.07, 6.45) is 0.933. The molecule has 1 aromatic carbocycles. The normalized spacial score (nSPS) is 19.1. The summed E-state index contributed by atoms with van der Waals surface area (Å²) in [6, 6.07) is 7.71. The predicted molar refractivity (Wildman–Crippen MR) is 107 cm³/mol. The first-order valence-electron chi connectivity index (χ1n) is 8.55. The second-order valence-electron chi connectivity index (χ2n) is 6.04. The lowest BCUT2D eigenvalue weighted by Crippen LogP contribution is -2.50. The Labute approximate surface area is 163 Å². The molecule has 1 fully saturated rings.